The number of allylic oxidation sites excluding steroid dienone is 1. The maximum Gasteiger partial charge on any atom is 0.251 e. The zero-order chi connectivity index (χ0) is 47.9. The molecule has 0 bridgehead atoms. The quantitative estimate of drug-likeness (QED) is 0.0979. The van der Waals surface area contributed by atoms with Gasteiger partial charge >= 0.3 is 0 Å². The molecule has 1 saturated heterocycles. The van der Waals surface area contributed by atoms with E-state index in [1.807, 2.05) is 60.7 Å². The van der Waals surface area contributed by atoms with Gasteiger partial charge in [0.2, 0.25) is 35.4 Å². The van der Waals surface area contributed by atoms with Crippen LogP contribution >= 0.6 is 0 Å². The van der Waals surface area contributed by atoms with Gasteiger partial charge in [-0.3, -0.25) is 33.6 Å². The Labute approximate surface area is 381 Å². The number of ether oxygens (including phenoxy) is 1. The molecule has 2 aliphatic rings. The van der Waals surface area contributed by atoms with E-state index in [1.165, 1.54) is 7.05 Å². The van der Waals surface area contributed by atoms with E-state index in [0.29, 0.717) is 18.4 Å². The molecule has 0 spiro atoms. The minimum atomic E-state index is -2.23. The number of hydrogen-bond acceptors (Lipinski definition) is 12. The molecule has 2 aromatic carbocycles. The topological polar surface area (TPSA) is 301 Å². The van der Waals surface area contributed by atoms with Crippen LogP contribution in [0.5, 0.6) is 5.75 Å². The summed E-state index contributed by atoms with van der Waals surface area (Å²) >= 11 is 0. The minimum absolute atomic E-state index is 0.00584. The molecule has 20 nitrogen and oxygen atoms in total. The third kappa shape index (κ3) is 14.4. The molecule has 1 aromatic heterocycles. The molecule has 5 rings (SSSR count). The molecule has 8 atom stereocenters. The van der Waals surface area contributed by atoms with Gasteiger partial charge in [-0.15, -0.1) is 0 Å². The lowest BCUT2D eigenvalue weighted by atomic mass is 9.88. The number of β-amino-alcohol motifs (C(OH)–C–C–N with tert-alkyl or cyclic N) is 1. The van der Waals surface area contributed by atoms with Crippen molar-refractivity contribution in [1.82, 2.24) is 41.8 Å². The van der Waals surface area contributed by atoms with Crippen LogP contribution < -0.4 is 36.6 Å². The molecule has 7 amide bonds. The van der Waals surface area contributed by atoms with Gasteiger partial charge in [-0.1, -0.05) is 55.8 Å². The average Bonchev–Trinajstić information content (AvgIpc) is 3.87. The van der Waals surface area contributed by atoms with Crippen LogP contribution in [0.3, 0.4) is 0 Å². The fraction of sp³-hybridized carbons (Fsp3) is 0.457. The Kier molecular flexibility index (Phi) is 18.4. The number of rotatable bonds is 12. The molecule has 0 radical (unpaired) electrons. The molecule has 2 aliphatic heterocycles. The van der Waals surface area contributed by atoms with Crippen molar-refractivity contribution in [3.63, 3.8) is 0 Å². The molecule has 20 heteroatoms. The number of unbranched alkanes of at least 4 members (excludes halogenated alkanes) is 2. The van der Waals surface area contributed by atoms with Gasteiger partial charge in [-0.25, -0.2) is 0 Å². The van der Waals surface area contributed by atoms with E-state index in [2.05, 4.69) is 36.9 Å². The summed E-state index contributed by atoms with van der Waals surface area (Å²) in [7, 11) is 2.89. The molecule has 356 valence electrons. The highest BCUT2D eigenvalue weighted by Crippen LogP contribution is 2.22. The number of aromatic nitrogens is 1. The predicted molar refractivity (Wildman–Crippen MR) is 241 cm³/mol. The maximum absolute atomic E-state index is 13.6. The first-order valence-corrected chi connectivity index (χ1v) is 21.8. The highest BCUT2D eigenvalue weighted by molar-refractivity contribution is 5.96. The number of aromatic amines is 1. The molecular formula is C46H60N8O12. The van der Waals surface area contributed by atoms with Crippen LogP contribution in [0.2, 0.25) is 0 Å². The second-order valence-corrected chi connectivity index (χ2v) is 16.6. The van der Waals surface area contributed by atoms with Gasteiger partial charge in [0.1, 0.15) is 17.9 Å². The largest absolute Gasteiger partial charge is 0.497 e. The molecule has 3 heterocycles. The number of methoxy groups -OCH3 is 1. The van der Waals surface area contributed by atoms with Crippen molar-refractivity contribution in [3.8, 4) is 5.75 Å². The lowest BCUT2D eigenvalue weighted by molar-refractivity contribution is -0.139. The summed E-state index contributed by atoms with van der Waals surface area (Å²) in [5.74, 6) is -5.58. The number of fused-ring (bicyclic) bond motifs is 2. The number of hydrogen-bond donors (Lipinski definition) is 11. The van der Waals surface area contributed by atoms with E-state index in [-0.39, 0.29) is 18.5 Å². The summed E-state index contributed by atoms with van der Waals surface area (Å²) in [6.45, 7) is 0.0602. The van der Waals surface area contributed by atoms with E-state index in [4.69, 9.17) is 4.74 Å². The summed E-state index contributed by atoms with van der Waals surface area (Å²) in [6.07, 6.45) is 0.891. The Morgan fingerprint density at radius 2 is 1.59 bits per heavy atom. The Hall–Kier alpha value is -6.61. The van der Waals surface area contributed by atoms with Crippen molar-refractivity contribution in [2.45, 2.75) is 94.4 Å². The molecule has 1 fully saturated rings. The molecular weight excluding hydrogens is 857 g/mol. The van der Waals surface area contributed by atoms with Crippen LogP contribution in [-0.4, -0.2) is 148 Å². The smallest absolute Gasteiger partial charge is 0.251 e. The summed E-state index contributed by atoms with van der Waals surface area (Å²) in [4.78, 5) is 96.6. The van der Waals surface area contributed by atoms with Crippen LogP contribution in [0.25, 0.3) is 17.0 Å². The van der Waals surface area contributed by atoms with Gasteiger partial charge in [0.15, 0.2) is 6.10 Å². The van der Waals surface area contributed by atoms with E-state index in [9.17, 15) is 54.0 Å². The number of nitrogens with one attached hydrogen (secondary N) is 7. The predicted octanol–water partition coefficient (Wildman–Crippen LogP) is -0.975. The molecule has 0 aliphatic carbocycles. The number of aliphatic hydroxyl groups is 4. The Morgan fingerprint density at radius 1 is 0.848 bits per heavy atom. The zero-order valence-corrected chi connectivity index (χ0v) is 37.1. The second kappa shape index (κ2) is 24.1. The number of nitrogens with zero attached hydrogens (tertiary/aromatic N) is 1. The van der Waals surface area contributed by atoms with E-state index < -0.39 is 116 Å². The lowest BCUT2D eigenvalue weighted by Gasteiger charge is -2.33. The zero-order valence-electron chi connectivity index (χ0n) is 37.1. The summed E-state index contributed by atoms with van der Waals surface area (Å²) in [5, 5.41) is 60.3. The minimum Gasteiger partial charge on any atom is -0.497 e. The van der Waals surface area contributed by atoms with Crippen LogP contribution in [-0.2, 0) is 40.0 Å². The third-order valence-corrected chi connectivity index (χ3v) is 11.5. The Bertz CT molecular complexity index is 2260. The van der Waals surface area contributed by atoms with Crippen molar-refractivity contribution in [2.24, 2.45) is 5.92 Å². The fourth-order valence-corrected chi connectivity index (χ4v) is 7.64. The standard InChI is InChI=1S/C46H60N8O12/c1-26(10-6-4-5-7-11-27-14-16-30(66-3)17-15-27)42(61)43(62)41-44(63)46(65)52-33-20-37(57)50-34(33)21-40(60)54(2)25-39(59)51-35(18-28-22-47-32-13-9-8-12-31(28)32)45(64)49-24-38(58)48-23-29(55)19-36(56)53-41/h7-9,11-17,21-22,26,29,33,35,41-44,47,55,61-63H,4-6,10,18-20,23-25H2,1-3H3,(H,48,58)(H,49,64)(H,50,57)(H,51,59)(H,52,65)(H,53,56). The molecule has 3 aromatic rings. The number of H-pyrrole nitrogens is 1. The number of benzene rings is 2. The van der Waals surface area contributed by atoms with Gasteiger partial charge < -0.3 is 66.9 Å². The van der Waals surface area contributed by atoms with Gasteiger partial charge in [-0.05, 0) is 54.5 Å². The second-order valence-electron chi connectivity index (χ2n) is 16.6. The van der Waals surface area contributed by atoms with E-state index in [0.717, 1.165) is 46.0 Å². The van der Waals surface area contributed by atoms with Crippen molar-refractivity contribution >= 4 is 58.3 Å². The van der Waals surface area contributed by atoms with Crippen LogP contribution in [0.4, 0.5) is 0 Å². The average molecular weight is 917 g/mol. The third-order valence-electron chi connectivity index (χ3n) is 11.5. The summed E-state index contributed by atoms with van der Waals surface area (Å²) in [6, 6.07) is 10.6. The van der Waals surface area contributed by atoms with E-state index >= 15 is 0 Å². The molecule has 11 N–H and O–H groups in total. The SMILES string of the molecule is COc1ccc(C=CCCCCC(C)C(O)C(O)C2NC(=O)CC(O)CNC(=O)CNC(=O)C(Cc3c[nH]c4ccccc34)NC(=O)CN(C)C(=O)C=C3NC(=O)CC3NC(=O)C2O)cc1. The number of amides is 7. The Balaban J connectivity index is 1.29. The van der Waals surface area contributed by atoms with Crippen molar-refractivity contribution < 1.29 is 58.7 Å². The number of para-hydroxylation sites is 1. The normalized spacial score (nSPS) is 23.7. The number of likely N-dealkylation sites (N-methyl/N-ethyl adjacent to an activating group) is 1. The van der Waals surface area contributed by atoms with Gasteiger partial charge in [0.05, 0.1) is 57.3 Å². The highest BCUT2D eigenvalue weighted by atomic mass is 16.5. The fourth-order valence-electron chi connectivity index (χ4n) is 7.64. The number of carbonyl (C=O) groups excluding carboxylic acids is 7. The molecule has 66 heavy (non-hydrogen) atoms. The van der Waals surface area contributed by atoms with Crippen LogP contribution in [0.15, 0.2) is 72.6 Å². The maximum atomic E-state index is 13.6. The molecule has 8 unspecified atom stereocenters. The monoisotopic (exact) mass is 916 g/mol. The Morgan fingerprint density at radius 3 is 2.33 bits per heavy atom. The van der Waals surface area contributed by atoms with Gasteiger partial charge in [-0.2, -0.15) is 0 Å². The van der Waals surface area contributed by atoms with Crippen molar-refractivity contribution in [1.29, 1.82) is 0 Å². The number of aliphatic hydroxyl groups excluding tert-OH is 4. The van der Waals surface area contributed by atoms with Crippen molar-refractivity contribution in [2.75, 3.05) is 33.8 Å². The van der Waals surface area contributed by atoms with Crippen LogP contribution in [0, 0.1) is 5.92 Å². The lowest BCUT2D eigenvalue weighted by Crippen LogP contribution is -2.60. The first-order chi connectivity index (χ1) is 31.5. The first kappa shape index (κ1) is 50.4. The van der Waals surface area contributed by atoms with Gasteiger partial charge in [0.25, 0.3) is 5.91 Å². The van der Waals surface area contributed by atoms with Crippen LogP contribution in [0.1, 0.15) is 56.6 Å². The van der Waals surface area contributed by atoms with Crippen molar-refractivity contribution in [3.05, 3.63) is 83.7 Å². The molecule has 0 saturated carbocycles. The summed E-state index contributed by atoms with van der Waals surface area (Å²) < 4.78 is 5.18. The van der Waals surface area contributed by atoms with E-state index in [1.54, 1.807) is 20.2 Å². The van der Waals surface area contributed by atoms with Gasteiger partial charge in [0, 0.05) is 48.9 Å². The summed E-state index contributed by atoms with van der Waals surface area (Å²) in [5.41, 5.74) is 2.38. The first-order valence-electron chi connectivity index (χ1n) is 21.8. The highest BCUT2D eigenvalue weighted by Gasteiger charge is 2.41. The number of carbonyl (C=O) groups is 7.